The minimum absolute atomic E-state index is 0.0600. The first-order valence-electron chi connectivity index (χ1n) is 4.64. The molecule has 0 aromatic carbocycles. The highest BCUT2D eigenvalue weighted by atomic mass is 16.5. The van der Waals surface area contributed by atoms with E-state index < -0.39 is 17.6 Å². The second kappa shape index (κ2) is 5.54. The second-order valence-electron chi connectivity index (χ2n) is 3.12. The number of fused-ring (bicyclic) bond motifs is 1. The summed E-state index contributed by atoms with van der Waals surface area (Å²) >= 11 is 0. The van der Waals surface area contributed by atoms with Crippen molar-refractivity contribution in [3.05, 3.63) is 22.5 Å². The van der Waals surface area contributed by atoms with Gasteiger partial charge in [0.1, 0.15) is 6.33 Å². The number of aromatic nitrogens is 5. The maximum Gasteiger partial charge on any atom is 0.352 e. The number of hydrogen-bond acceptors (Lipinski definition) is 7. The predicted octanol–water partition coefficient (Wildman–Crippen LogP) is -3.03. The molecule has 0 atom stereocenters. The van der Waals surface area contributed by atoms with E-state index in [-0.39, 0.29) is 11.3 Å². The summed E-state index contributed by atoms with van der Waals surface area (Å²) in [6.45, 7) is 0. The minimum Gasteiger partial charge on any atom is -0.364 e. The fraction of sp³-hybridized carbons (Fsp3) is 0.143. The molecule has 6 N–H and O–H groups in total. The summed E-state index contributed by atoms with van der Waals surface area (Å²) in [5.74, 6) is -0.741. The Labute approximate surface area is 104 Å². The Morgan fingerprint density at radius 1 is 1.42 bits per heavy atom. The summed E-state index contributed by atoms with van der Waals surface area (Å²) < 4.78 is 2.13. The summed E-state index contributed by atoms with van der Waals surface area (Å²) in [5, 5.41) is 14.6. The Bertz CT molecular complexity index is 673. The summed E-state index contributed by atoms with van der Waals surface area (Å²) in [4.78, 5) is 35.1. The van der Waals surface area contributed by atoms with Crippen LogP contribution in [0, 0.1) is 0 Å². The maximum absolute atomic E-state index is 11.4. The predicted molar refractivity (Wildman–Crippen MR) is 59.0 cm³/mol. The zero-order chi connectivity index (χ0) is 14.6. The first kappa shape index (κ1) is 14.0. The molecule has 0 aliphatic heterocycles. The highest BCUT2D eigenvalue weighted by molar-refractivity contribution is 5.96. The summed E-state index contributed by atoms with van der Waals surface area (Å²) in [7, 11) is 1.44. The van der Waals surface area contributed by atoms with Gasteiger partial charge in [0.05, 0.1) is 0 Å². The van der Waals surface area contributed by atoms with Crippen LogP contribution in [-0.2, 0) is 7.05 Å². The molecule has 19 heavy (non-hydrogen) atoms. The number of rotatable bonds is 1. The van der Waals surface area contributed by atoms with E-state index in [4.69, 9.17) is 10.9 Å². The average molecular weight is 270 g/mol. The molecular formula is C7H10N8O4. The van der Waals surface area contributed by atoms with Crippen LogP contribution in [0.5, 0.6) is 0 Å². The molecule has 2 aromatic heterocycles. The van der Waals surface area contributed by atoms with Gasteiger partial charge in [-0.25, -0.2) is 24.5 Å². The number of carbonyl (C=O) groups excluding carboxylic acids is 2. The number of urea groups is 1. The summed E-state index contributed by atoms with van der Waals surface area (Å²) in [5.41, 5.74) is 10.1. The first-order chi connectivity index (χ1) is 8.88. The molecule has 0 radical (unpaired) electrons. The Kier molecular flexibility index (Phi) is 4.10. The van der Waals surface area contributed by atoms with Gasteiger partial charge in [0.25, 0.3) is 5.91 Å². The molecule has 12 heteroatoms. The SMILES string of the molecule is Cn1nnc2c(C(N)=O)ncn2c1=O.NC(=O)NO. The molecule has 0 saturated carbocycles. The molecule has 102 valence electrons. The molecule has 2 aromatic rings. The van der Waals surface area contributed by atoms with Crippen LogP contribution in [0.2, 0.25) is 0 Å². The molecule has 12 nitrogen and oxygen atoms in total. The highest BCUT2D eigenvalue weighted by Gasteiger charge is 2.13. The van der Waals surface area contributed by atoms with Crippen LogP contribution in [0.3, 0.4) is 0 Å². The van der Waals surface area contributed by atoms with Gasteiger partial charge >= 0.3 is 11.7 Å². The Hall–Kier alpha value is -3.02. The van der Waals surface area contributed by atoms with E-state index in [9.17, 15) is 14.4 Å². The average Bonchev–Trinajstić information content (AvgIpc) is 2.79. The first-order valence-corrected chi connectivity index (χ1v) is 4.64. The third-order valence-electron chi connectivity index (χ3n) is 1.84. The van der Waals surface area contributed by atoms with E-state index in [2.05, 4.69) is 21.0 Å². The Morgan fingerprint density at radius 2 is 2.00 bits per heavy atom. The summed E-state index contributed by atoms with van der Waals surface area (Å²) in [6, 6.07) is -0.940. The van der Waals surface area contributed by atoms with E-state index in [1.807, 2.05) is 0 Å². The van der Waals surface area contributed by atoms with Gasteiger partial charge in [-0.1, -0.05) is 5.21 Å². The molecule has 0 bridgehead atoms. The smallest absolute Gasteiger partial charge is 0.352 e. The van der Waals surface area contributed by atoms with Gasteiger partial charge in [-0.3, -0.25) is 10.0 Å². The monoisotopic (exact) mass is 270 g/mol. The fourth-order valence-corrected chi connectivity index (χ4v) is 1.05. The van der Waals surface area contributed by atoms with Gasteiger partial charge in [-0.15, -0.1) is 5.10 Å². The van der Waals surface area contributed by atoms with E-state index in [0.29, 0.717) is 0 Å². The lowest BCUT2D eigenvalue weighted by atomic mass is 10.4. The Morgan fingerprint density at radius 3 is 2.47 bits per heavy atom. The minimum atomic E-state index is -0.940. The number of nitrogens with two attached hydrogens (primary N) is 2. The van der Waals surface area contributed by atoms with Gasteiger partial charge in [-0.05, 0) is 0 Å². The molecule has 0 unspecified atom stereocenters. The van der Waals surface area contributed by atoms with E-state index in [0.717, 1.165) is 9.08 Å². The molecule has 0 aliphatic carbocycles. The van der Waals surface area contributed by atoms with Gasteiger partial charge < -0.3 is 11.5 Å². The molecule has 0 saturated heterocycles. The zero-order valence-corrected chi connectivity index (χ0v) is 9.64. The topological polar surface area (TPSA) is 184 Å². The van der Waals surface area contributed by atoms with Crippen molar-refractivity contribution in [3.63, 3.8) is 0 Å². The largest absolute Gasteiger partial charge is 0.364 e. The van der Waals surface area contributed by atoms with Crippen molar-refractivity contribution < 1.29 is 14.8 Å². The fourth-order valence-electron chi connectivity index (χ4n) is 1.05. The van der Waals surface area contributed by atoms with Crippen LogP contribution in [0.1, 0.15) is 10.5 Å². The zero-order valence-electron chi connectivity index (χ0n) is 9.64. The number of nitrogens with one attached hydrogen (secondary N) is 1. The van der Waals surface area contributed by atoms with Crippen LogP contribution >= 0.6 is 0 Å². The normalized spacial score (nSPS) is 9.58. The number of hydroxylamine groups is 1. The molecule has 0 spiro atoms. The lowest BCUT2D eigenvalue weighted by molar-refractivity contribution is 0.0997. The number of aryl methyl sites for hydroxylation is 1. The van der Waals surface area contributed by atoms with E-state index in [1.165, 1.54) is 18.9 Å². The van der Waals surface area contributed by atoms with Crippen LogP contribution in [0.15, 0.2) is 11.1 Å². The van der Waals surface area contributed by atoms with Crippen LogP contribution in [-0.4, -0.2) is 41.5 Å². The standard InChI is InChI=1S/C6H6N6O2.CH4N2O2/c1-11-6(14)12-2-8-3(4(7)13)5(12)9-10-11;2-1(4)3-5/h2H,1H3,(H2,7,13);5H,(H3,2,3,4). The van der Waals surface area contributed by atoms with E-state index >= 15 is 0 Å². The number of primary amides is 2. The number of carbonyl (C=O) groups is 2. The van der Waals surface area contributed by atoms with Crippen molar-refractivity contribution >= 4 is 17.6 Å². The molecule has 0 aliphatic rings. The lowest BCUT2D eigenvalue weighted by Gasteiger charge is -1.95. The number of imidazole rings is 1. The quantitative estimate of drug-likeness (QED) is 0.313. The Balaban J connectivity index is 0.000000312. The van der Waals surface area contributed by atoms with Crippen LogP contribution in [0.4, 0.5) is 4.79 Å². The molecule has 3 amide bonds. The van der Waals surface area contributed by atoms with Gasteiger partial charge in [0, 0.05) is 7.05 Å². The van der Waals surface area contributed by atoms with Crippen molar-refractivity contribution in [2.24, 2.45) is 18.5 Å². The van der Waals surface area contributed by atoms with Crippen molar-refractivity contribution in [2.45, 2.75) is 0 Å². The van der Waals surface area contributed by atoms with Gasteiger partial charge in [0.15, 0.2) is 11.3 Å². The van der Waals surface area contributed by atoms with Crippen LogP contribution < -0.4 is 22.6 Å². The van der Waals surface area contributed by atoms with Crippen molar-refractivity contribution in [1.82, 2.24) is 29.9 Å². The second-order valence-corrected chi connectivity index (χ2v) is 3.12. The van der Waals surface area contributed by atoms with Crippen LogP contribution in [0.25, 0.3) is 5.65 Å². The highest BCUT2D eigenvalue weighted by Crippen LogP contribution is 2.00. The number of amides is 3. The third-order valence-corrected chi connectivity index (χ3v) is 1.84. The molecule has 2 heterocycles. The molecule has 2 rings (SSSR count). The van der Waals surface area contributed by atoms with Crippen molar-refractivity contribution in [3.8, 4) is 0 Å². The third kappa shape index (κ3) is 3.01. The molecular weight excluding hydrogens is 260 g/mol. The number of nitrogens with zero attached hydrogens (tertiary/aromatic N) is 5. The van der Waals surface area contributed by atoms with Crippen molar-refractivity contribution in [1.29, 1.82) is 0 Å². The molecule has 0 fully saturated rings. The van der Waals surface area contributed by atoms with Crippen molar-refractivity contribution in [2.75, 3.05) is 0 Å². The lowest BCUT2D eigenvalue weighted by Crippen LogP contribution is -2.27. The maximum atomic E-state index is 11.4. The van der Waals surface area contributed by atoms with Gasteiger partial charge in [0.2, 0.25) is 0 Å². The summed E-state index contributed by atoms with van der Waals surface area (Å²) in [6.07, 6.45) is 1.19. The number of hydrogen-bond donors (Lipinski definition) is 4. The van der Waals surface area contributed by atoms with E-state index in [1.54, 1.807) is 0 Å². The van der Waals surface area contributed by atoms with Gasteiger partial charge in [-0.2, -0.15) is 4.68 Å².